The number of rotatable bonds is 4. The summed E-state index contributed by atoms with van der Waals surface area (Å²) in [6.07, 6.45) is 0. The minimum absolute atomic E-state index is 0.228. The third-order valence-electron chi connectivity index (χ3n) is 2.18. The van der Waals surface area contributed by atoms with Crippen LogP contribution in [0.15, 0.2) is 58.3 Å². The number of aromatic carboxylic acids is 1. The highest BCUT2D eigenvalue weighted by atomic mass is 33.1. The number of hydrogen-bond donors (Lipinski definition) is 1. The lowest BCUT2D eigenvalue weighted by molar-refractivity contribution is 0.0693. The van der Waals surface area contributed by atoms with E-state index in [0.717, 1.165) is 0 Å². The minimum atomic E-state index is -0.979. The molecule has 0 saturated carbocycles. The third-order valence-corrected chi connectivity index (χ3v) is 4.63. The maximum atomic E-state index is 13.4. The average Bonchev–Trinajstić information content (AvgIpc) is 2.38. The fraction of sp³-hybridized carbons (Fsp3) is 0. The van der Waals surface area contributed by atoms with Crippen LogP contribution in [0, 0.1) is 5.82 Å². The molecule has 0 bridgehead atoms. The first-order valence-corrected chi connectivity index (χ1v) is 7.25. The molecule has 0 heterocycles. The monoisotopic (exact) mass is 280 g/mol. The summed E-state index contributed by atoms with van der Waals surface area (Å²) in [6, 6.07) is 13.1. The number of hydrogen-bond acceptors (Lipinski definition) is 3. The lowest BCUT2D eigenvalue weighted by Gasteiger charge is -2.05. The Kier molecular flexibility index (Phi) is 4.28. The third kappa shape index (κ3) is 3.05. The zero-order chi connectivity index (χ0) is 13.0. The Balaban J connectivity index is 2.16. The van der Waals surface area contributed by atoms with Crippen molar-refractivity contribution in [3.63, 3.8) is 0 Å². The Labute approximate surface area is 112 Å². The van der Waals surface area contributed by atoms with Crippen molar-refractivity contribution in [3.8, 4) is 0 Å². The van der Waals surface area contributed by atoms with E-state index in [9.17, 15) is 9.18 Å². The van der Waals surface area contributed by atoms with Crippen molar-refractivity contribution in [1.82, 2.24) is 0 Å². The number of halogens is 1. The second-order valence-corrected chi connectivity index (χ2v) is 5.61. The Hall–Kier alpha value is -1.46. The highest BCUT2D eigenvalue weighted by molar-refractivity contribution is 8.76. The van der Waals surface area contributed by atoms with Crippen LogP contribution in [0.5, 0.6) is 0 Å². The molecule has 0 spiro atoms. The summed E-state index contributed by atoms with van der Waals surface area (Å²) in [5, 5.41) is 9.02. The maximum absolute atomic E-state index is 13.4. The van der Waals surface area contributed by atoms with Crippen molar-refractivity contribution in [1.29, 1.82) is 0 Å². The Morgan fingerprint density at radius 3 is 2.17 bits per heavy atom. The molecule has 2 aromatic carbocycles. The van der Waals surface area contributed by atoms with Gasteiger partial charge in [0.05, 0.1) is 10.5 Å². The zero-order valence-electron chi connectivity index (χ0n) is 9.17. The Morgan fingerprint density at radius 1 is 0.944 bits per heavy atom. The number of carboxylic acids is 1. The van der Waals surface area contributed by atoms with Gasteiger partial charge in [-0.2, -0.15) is 0 Å². The van der Waals surface area contributed by atoms with E-state index in [1.165, 1.54) is 33.7 Å². The lowest BCUT2D eigenvalue weighted by atomic mass is 10.2. The van der Waals surface area contributed by atoms with Gasteiger partial charge in [0.25, 0.3) is 0 Å². The van der Waals surface area contributed by atoms with Gasteiger partial charge in [-0.1, -0.05) is 35.1 Å². The van der Waals surface area contributed by atoms with Crippen molar-refractivity contribution < 1.29 is 14.3 Å². The second-order valence-electron chi connectivity index (χ2n) is 3.40. The normalized spacial score (nSPS) is 10.3. The van der Waals surface area contributed by atoms with Gasteiger partial charge in [0.15, 0.2) is 0 Å². The Bertz CT molecular complexity index is 572. The first-order valence-electron chi connectivity index (χ1n) is 5.10. The molecule has 0 atom stereocenters. The van der Waals surface area contributed by atoms with E-state index in [0.29, 0.717) is 9.79 Å². The smallest absolute Gasteiger partial charge is 0.336 e. The van der Waals surface area contributed by atoms with Gasteiger partial charge < -0.3 is 5.11 Å². The summed E-state index contributed by atoms with van der Waals surface area (Å²) < 4.78 is 13.4. The van der Waals surface area contributed by atoms with Crippen LogP contribution >= 0.6 is 21.6 Å². The van der Waals surface area contributed by atoms with Gasteiger partial charge in [-0.25, -0.2) is 9.18 Å². The molecule has 0 saturated heterocycles. The number of benzene rings is 2. The fourth-order valence-electron chi connectivity index (χ4n) is 1.32. The van der Waals surface area contributed by atoms with Gasteiger partial charge in [0.1, 0.15) is 5.82 Å². The van der Waals surface area contributed by atoms with Crippen LogP contribution in [-0.4, -0.2) is 11.1 Å². The first kappa shape index (κ1) is 13.0. The fourth-order valence-corrected chi connectivity index (χ4v) is 3.54. The van der Waals surface area contributed by atoms with Crippen LogP contribution in [0.2, 0.25) is 0 Å². The molecule has 0 aliphatic rings. The molecule has 0 fully saturated rings. The quantitative estimate of drug-likeness (QED) is 0.846. The molecule has 0 aliphatic carbocycles. The van der Waals surface area contributed by atoms with E-state index in [1.54, 1.807) is 36.4 Å². The molecule has 0 aromatic heterocycles. The van der Waals surface area contributed by atoms with Gasteiger partial charge in [-0.05, 0) is 35.1 Å². The standard InChI is InChI=1S/C13H9FO2S2/c14-10-6-2-4-8-12(10)18-17-11-7-3-1-5-9(11)13(15)16/h1-8H,(H,15,16). The Morgan fingerprint density at radius 2 is 1.50 bits per heavy atom. The summed E-state index contributed by atoms with van der Waals surface area (Å²) >= 11 is 0. The molecule has 2 aromatic rings. The van der Waals surface area contributed by atoms with Crippen LogP contribution in [0.3, 0.4) is 0 Å². The van der Waals surface area contributed by atoms with E-state index >= 15 is 0 Å². The molecule has 92 valence electrons. The van der Waals surface area contributed by atoms with Crippen molar-refractivity contribution in [3.05, 3.63) is 59.9 Å². The molecule has 5 heteroatoms. The molecular formula is C13H9FO2S2. The van der Waals surface area contributed by atoms with E-state index in [4.69, 9.17) is 5.11 Å². The molecule has 0 unspecified atom stereocenters. The molecule has 18 heavy (non-hydrogen) atoms. The summed E-state index contributed by atoms with van der Waals surface area (Å²) in [4.78, 5) is 12.1. The molecule has 0 radical (unpaired) electrons. The highest BCUT2D eigenvalue weighted by Crippen LogP contribution is 2.39. The summed E-state index contributed by atoms with van der Waals surface area (Å²) in [5.41, 5.74) is 0.228. The van der Waals surface area contributed by atoms with Gasteiger partial charge in [0, 0.05) is 4.90 Å². The minimum Gasteiger partial charge on any atom is -0.478 e. The van der Waals surface area contributed by atoms with E-state index < -0.39 is 5.97 Å². The van der Waals surface area contributed by atoms with Gasteiger partial charge in [-0.15, -0.1) is 0 Å². The van der Waals surface area contributed by atoms with Crippen LogP contribution in [0.25, 0.3) is 0 Å². The van der Waals surface area contributed by atoms with E-state index in [1.807, 2.05) is 0 Å². The molecule has 0 amide bonds. The highest BCUT2D eigenvalue weighted by Gasteiger charge is 2.11. The van der Waals surface area contributed by atoms with E-state index in [-0.39, 0.29) is 11.4 Å². The summed E-state index contributed by atoms with van der Waals surface area (Å²) in [5.74, 6) is -1.28. The lowest BCUT2D eigenvalue weighted by Crippen LogP contribution is -1.97. The van der Waals surface area contributed by atoms with Crippen molar-refractivity contribution in [2.24, 2.45) is 0 Å². The van der Waals surface area contributed by atoms with E-state index in [2.05, 4.69) is 0 Å². The SMILES string of the molecule is O=C(O)c1ccccc1SSc1ccccc1F. The predicted octanol–water partition coefficient (Wildman–Crippen LogP) is 4.32. The predicted molar refractivity (Wildman–Crippen MR) is 71.5 cm³/mol. The van der Waals surface area contributed by atoms with Crippen LogP contribution in [-0.2, 0) is 0 Å². The van der Waals surface area contributed by atoms with Crippen LogP contribution < -0.4 is 0 Å². The summed E-state index contributed by atoms with van der Waals surface area (Å²) in [7, 11) is 2.45. The van der Waals surface area contributed by atoms with Crippen LogP contribution in [0.4, 0.5) is 4.39 Å². The first-order chi connectivity index (χ1) is 8.68. The van der Waals surface area contributed by atoms with Gasteiger partial charge in [0.2, 0.25) is 0 Å². The topological polar surface area (TPSA) is 37.3 Å². The molecule has 1 N–H and O–H groups in total. The summed E-state index contributed by atoms with van der Waals surface area (Å²) in [6.45, 7) is 0. The van der Waals surface area contributed by atoms with Crippen molar-refractivity contribution in [2.45, 2.75) is 9.79 Å². The van der Waals surface area contributed by atoms with Crippen molar-refractivity contribution in [2.75, 3.05) is 0 Å². The largest absolute Gasteiger partial charge is 0.478 e. The number of carboxylic acid groups (broad SMARTS) is 1. The number of carbonyl (C=O) groups is 1. The average molecular weight is 280 g/mol. The van der Waals surface area contributed by atoms with Gasteiger partial charge >= 0.3 is 5.97 Å². The maximum Gasteiger partial charge on any atom is 0.336 e. The molecule has 2 nitrogen and oxygen atoms in total. The molecule has 0 aliphatic heterocycles. The van der Waals surface area contributed by atoms with Crippen molar-refractivity contribution >= 4 is 27.6 Å². The molecule has 2 rings (SSSR count). The zero-order valence-corrected chi connectivity index (χ0v) is 10.8. The molecular weight excluding hydrogens is 271 g/mol. The van der Waals surface area contributed by atoms with Gasteiger partial charge in [-0.3, -0.25) is 0 Å². The second kappa shape index (κ2) is 5.93. The van der Waals surface area contributed by atoms with Crippen LogP contribution in [0.1, 0.15) is 10.4 Å².